The molecule has 1 aromatic heterocycles. The summed E-state index contributed by atoms with van der Waals surface area (Å²) in [6.45, 7) is 3.38. The minimum Gasteiger partial charge on any atom is -0.489 e. The zero-order valence-corrected chi connectivity index (χ0v) is 17.4. The minimum atomic E-state index is -0.0670. The predicted octanol–water partition coefficient (Wildman–Crippen LogP) is 3.83. The van der Waals surface area contributed by atoms with Crippen LogP contribution in [-0.2, 0) is 30.8 Å². The van der Waals surface area contributed by atoms with Crippen molar-refractivity contribution >= 4 is 18.1 Å². The Morgan fingerprint density at radius 2 is 1.86 bits per heavy atom. The lowest BCUT2D eigenvalue weighted by Gasteiger charge is -2.09. The molecule has 0 spiro atoms. The Balaban J connectivity index is 1.43. The second kappa shape index (κ2) is 10.6. The maximum absolute atomic E-state index is 12.2. The number of H-pyrrole nitrogens is 1. The summed E-state index contributed by atoms with van der Waals surface area (Å²) >= 11 is 5.21. The lowest BCUT2D eigenvalue weighted by atomic mass is 10.1. The first-order valence-electron chi connectivity index (χ1n) is 9.82. The van der Waals surface area contributed by atoms with Crippen molar-refractivity contribution in [1.82, 2.24) is 20.1 Å². The minimum absolute atomic E-state index is 0.0670. The molecular formula is C22H26N4O2S. The molecule has 0 saturated heterocycles. The van der Waals surface area contributed by atoms with Crippen LogP contribution in [0.15, 0.2) is 54.6 Å². The second-order valence-corrected chi connectivity index (χ2v) is 7.19. The van der Waals surface area contributed by atoms with E-state index >= 15 is 0 Å². The van der Waals surface area contributed by atoms with Crippen molar-refractivity contribution in [3.05, 3.63) is 76.3 Å². The zero-order valence-electron chi connectivity index (χ0n) is 16.6. The smallest absolute Gasteiger partial charge is 0.240 e. The monoisotopic (exact) mass is 410 g/mol. The maximum atomic E-state index is 12.2. The number of aromatic nitrogens is 3. The summed E-state index contributed by atoms with van der Waals surface area (Å²) in [5, 5.41) is 9.89. The molecule has 0 bridgehead atoms. The Hall–Kier alpha value is -2.93. The molecule has 2 N–H and O–H groups in total. The number of hydrogen-bond acceptors (Lipinski definition) is 4. The van der Waals surface area contributed by atoms with Crippen LogP contribution in [0.25, 0.3) is 0 Å². The van der Waals surface area contributed by atoms with E-state index in [4.69, 9.17) is 17.0 Å². The molecule has 0 fully saturated rings. The van der Waals surface area contributed by atoms with Crippen LogP contribution >= 0.6 is 12.2 Å². The fourth-order valence-electron chi connectivity index (χ4n) is 2.97. The van der Waals surface area contributed by atoms with Gasteiger partial charge in [-0.25, -0.2) is 0 Å². The van der Waals surface area contributed by atoms with E-state index in [-0.39, 0.29) is 12.5 Å². The summed E-state index contributed by atoms with van der Waals surface area (Å²) in [6, 6.07) is 18.0. The summed E-state index contributed by atoms with van der Waals surface area (Å²) in [6.07, 6.45) is 2.49. The number of aryl methyl sites for hydroxylation is 1. The molecule has 0 unspecified atom stereocenters. The number of nitrogens with one attached hydrogen (secondary N) is 2. The number of carbonyl (C=O) groups excluding carboxylic acids is 1. The molecule has 3 rings (SSSR count). The highest BCUT2D eigenvalue weighted by Crippen LogP contribution is 2.14. The molecule has 2 aromatic carbocycles. The van der Waals surface area contributed by atoms with Gasteiger partial charge in [0.25, 0.3) is 0 Å². The molecule has 29 heavy (non-hydrogen) atoms. The third kappa shape index (κ3) is 6.29. The summed E-state index contributed by atoms with van der Waals surface area (Å²) < 4.78 is 8.04. The molecule has 1 heterocycles. The van der Waals surface area contributed by atoms with Gasteiger partial charge in [0.1, 0.15) is 24.7 Å². The van der Waals surface area contributed by atoms with Gasteiger partial charge in [0.2, 0.25) is 5.91 Å². The van der Waals surface area contributed by atoms with Crippen molar-refractivity contribution in [1.29, 1.82) is 0 Å². The van der Waals surface area contributed by atoms with E-state index in [0.29, 0.717) is 17.9 Å². The van der Waals surface area contributed by atoms with Crippen LogP contribution in [0.4, 0.5) is 0 Å². The Kier molecular flexibility index (Phi) is 7.58. The number of aromatic amines is 1. The van der Waals surface area contributed by atoms with Gasteiger partial charge in [-0.15, -0.1) is 0 Å². The molecule has 6 nitrogen and oxygen atoms in total. The highest BCUT2D eigenvalue weighted by Gasteiger charge is 2.09. The van der Waals surface area contributed by atoms with Crippen LogP contribution in [0.2, 0.25) is 0 Å². The first-order valence-corrected chi connectivity index (χ1v) is 10.2. The van der Waals surface area contributed by atoms with Gasteiger partial charge in [0.05, 0.1) is 0 Å². The number of amides is 1. The molecule has 0 saturated carbocycles. The van der Waals surface area contributed by atoms with Crippen LogP contribution in [0.3, 0.4) is 0 Å². The summed E-state index contributed by atoms with van der Waals surface area (Å²) in [4.78, 5) is 12.2. The largest absolute Gasteiger partial charge is 0.489 e. The first-order chi connectivity index (χ1) is 14.2. The van der Waals surface area contributed by atoms with E-state index < -0.39 is 0 Å². The van der Waals surface area contributed by atoms with E-state index in [1.807, 2.05) is 54.6 Å². The van der Waals surface area contributed by atoms with Gasteiger partial charge in [0, 0.05) is 13.0 Å². The third-order valence-electron chi connectivity index (χ3n) is 4.52. The van der Waals surface area contributed by atoms with Crippen LogP contribution in [-0.4, -0.2) is 27.2 Å². The van der Waals surface area contributed by atoms with Gasteiger partial charge >= 0.3 is 0 Å². The highest BCUT2D eigenvalue weighted by molar-refractivity contribution is 7.71. The number of hydrogen-bond donors (Lipinski definition) is 2. The maximum Gasteiger partial charge on any atom is 0.240 e. The lowest BCUT2D eigenvalue weighted by molar-refractivity contribution is -0.121. The molecule has 0 atom stereocenters. The van der Waals surface area contributed by atoms with Gasteiger partial charge in [-0.05, 0) is 48.3 Å². The van der Waals surface area contributed by atoms with Crippen LogP contribution in [0.1, 0.15) is 30.3 Å². The number of nitrogens with zero attached hydrogens (tertiary/aromatic N) is 2. The fraction of sp³-hybridized carbons (Fsp3) is 0.318. The fourth-order valence-corrected chi connectivity index (χ4v) is 3.18. The van der Waals surface area contributed by atoms with E-state index in [1.54, 1.807) is 4.57 Å². The Morgan fingerprint density at radius 1 is 1.10 bits per heavy atom. The highest BCUT2D eigenvalue weighted by atomic mass is 32.1. The average molecular weight is 411 g/mol. The van der Waals surface area contributed by atoms with Crippen LogP contribution < -0.4 is 10.1 Å². The van der Waals surface area contributed by atoms with E-state index in [0.717, 1.165) is 42.0 Å². The normalized spacial score (nSPS) is 10.7. The standard InChI is InChI=1S/C22H26N4O2S/c1-2-6-20-24-25-22(29)26(20)15-21(27)23-14-13-17-9-11-19(12-10-17)28-16-18-7-4-3-5-8-18/h3-5,7-12H,2,6,13-16H2,1H3,(H,23,27)(H,25,29). The number of ether oxygens (including phenoxy) is 1. The lowest BCUT2D eigenvalue weighted by Crippen LogP contribution is -2.30. The van der Waals surface area contributed by atoms with Crippen molar-refractivity contribution in [2.24, 2.45) is 0 Å². The van der Waals surface area contributed by atoms with Gasteiger partial charge in [-0.2, -0.15) is 5.10 Å². The van der Waals surface area contributed by atoms with Crippen molar-refractivity contribution in [3.8, 4) is 5.75 Å². The molecule has 1 amide bonds. The van der Waals surface area contributed by atoms with Gasteiger partial charge in [-0.3, -0.25) is 14.5 Å². The van der Waals surface area contributed by atoms with E-state index in [2.05, 4.69) is 22.4 Å². The Bertz CT molecular complexity index is 964. The molecule has 7 heteroatoms. The molecule has 3 aromatic rings. The molecular weight excluding hydrogens is 384 g/mol. The van der Waals surface area contributed by atoms with E-state index in [1.165, 1.54) is 0 Å². The Labute approximate surface area is 175 Å². The molecule has 0 aliphatic carbocycles. The Morgan fingerprint density at radius 3 is 2.59 bits per heavy atom. The van der Waals surface area contributed by atoms with Gasteiger partial charge < -0.3 is 10.1 Å². The molecule has 0 radical (unpaired) electrons. The SMILES string of the molecule is CCCc1n[nH]c(=S)n1CC(=O)NCCc1ccc(OCc2ccccc2)cc1. The van der Waals surface area contributed by atoms with Crippen molar-refractivity contribution in [3.63, 3.8) is 0 Å². The third-order valence-corrected chi connectivity index (χ3v) is 4.83. The van der Waals surface area contributed by atoms with Crippen molar-refractivity contribution in [2.75, 3.05) is 6.54 Å². The molecule has 0 aliphatic rings. The average Bonchev–Trinajstić information content (AvgIpc) is 3.08. The number of carbonyl (C=O) groups is 1. The van der Waals surface area contributed by atoms with E-state index in [9.17, 15) is 4.79 Å². The summed E-state index contributed by atoms with van der Waals surface area (Å²) in [7, 11) is 0. The van der Waals surface area contributed by atoms with Crippen LogP contribution in [0, 0.1) is 4.77 Å². The number of rotatable bonds is 10. The quantitative estimate of drug-likeness (QED) is 0.498. The topological polar surface area (TPSA) is 71.9 Å². The van der Waals surface area contributed by atoms with Crippen molar-refractivity contribution in [2.45, 2.75) is 39.3 Å². The number of benzene rings is 2. The predicted molar refractivity (Wildman–Crippen MR) is 115 cm³/mol. The molecule has 0 aliphatic heterocycles. The summed E-state index contributed by atoms with van der Waals surface area (Å²) in [5.41, 5.74) is 2.28. The van der Waals surface area contributed by atoms with Crippen LogP contribution in [0.5, 0.6) is 5.75 Å². The molecule has 152 valence electrons. The van der Waals surface area contributed by atoms with Gasteiger partial charge in [0.15, 0.2) is 4.77 Å². The van der Waals surface area contributed by atoms with Gasteiger partial charge in [-0.1, -0.05) is 49.4 Å². The van der Waals surface area contributed by atoms with Crippen molar-refractivity contribution < 1.29 is 9.53 Å². The summed E-state index contributed by atoms with van der Waals surface area (Å²) in [5.74, 6) is 1.58. The zero-order chi connectivity index (χ0) is 20.5. The first kappa shape index (κ1) is 20.8. The second-order valence-electron chi connectivity index (χ2n) is 6.80.